The number of nitrogens with zero attached hydrogens (tertiary/aromatic N) is 2. The molecule has 0 spiro atoms. The summed E-state index contributed by atoms with van der Waals surface area (Å²) in [5.74, 6) is 0.534. The molecule has 1 aromatic rings. The second kappa shape index (κ2) is 6.35. The van der Waals surface area contributed by atoms with Crippen molar-refractivity contribution in [1.82, 2.24) is 10.2 Å². The maximum Gasteiger partial charge on any atom is 0.314 e. The summed E-state index contributed by atoms with van der Waals surface area (Å²) < 4.78 is 0. The molecule has 1 aromatic carbocycles. The van der Waals surface area contributed by atoms with Crippen LogP contribution in [0.5, 0.6) is 0 Å². The number of primary amides is 1. The minimum absolute atomic E-state index is 0.288. The zero-order valence-corrected chi connectivity index (χ0v) is 12.4. The lowest BCUT2D eigenvalue weighted by Crippen LogP contribution is -2.44. The number of hydrogen-bond donors (Lipinski definition) is 2. The quantitative estimate of drug-likeness (QED) is 0.863. The first-order valence-corrected chi connectivity index (χ1v) is 7.84. The van der Waals surface area contributed by atoms with E-state index in [2.05, 4.69) is 34.5 Å². The average molecular weight is 288 g/mol. The van der Waals surface area contributed by atoms with E-state index in [1.807, 2.05) is 0 Å². The highest BCUT2D eigenvalue weighted by Crippen LogP contribution is 2.34. The van der Waals surface area contributed by atoms with E-state index in [1.54, 1.807) is 4.90 Å². The molecule has 2 saturated heterocycles. The summed E-state index contributed by atoms with van der Waals surface area (Å²) in [5, 5.41) is 3.40. The highest BCUT2D eigenvalue weighted by Gasteiger charge is 2.25. The third kappa shape index (κ3) is 3.13. The molecule has 0 atom stereocenters. The Labute approximate surface area is 126 Å². The second-order valence-electron chi connectivity index (χ2n) is 5.90. The third-order valence-corrected chi connectivity index (χ3v) is 4.64. The van der Waals surface area contributed by atoms with Crippen LogP contribution >= 0.6 is 0 Å². The number of rotatable bonds is 2. The Bertz CT molecular complexity index is 491. The third-order valence-electron chi connectivity index (χ3n) is 4.64. The topological polar surface area (TPSA) is 61.6 Å². The molecule has 2 aliphatic rings. The lowest BCUT2D eigenvalue weighted by molar-refractivity contribution is 0.190. The molecule has 0 aliphatic carbocycles. The number of piperazine rings is 1. The zero-order chi connectivity index (χ0) is 14.7. The Morgan fingerprint density at radius 1 is 1.10 bits per heavy atom. The van der Waals surface area contributed by atoms with Crippen LogP contribution in [0.4, 0.5) is 10.5 Å². The molecule has 3 N–H and O–H groups in total. The number of urea groups is 1. The molecule has 0 radical (unpaired) electrons. The molecule has 2 heterocycles. The van der Waals surface area contributed by atoms with Gasteiger partial charge in [-0.2, -0.15) is 0 Å². The standard InChI is InChI=1S/C16H24N4O/c17-16(21)20-9-5-13(6-10-20)14-3-1-2-4-15(14)19-11-7-18-8-12-19/h1-4,13,18H,5-12H2,(H2,17,21). The molecule has 5 heteroatoms. The lowest BCUT2D eigenvalue weighted by atomic mass is 9.88. The number of hydrogen-bond acceptors (Lipinski definition) is 3. The van der Waals surface area contributed by atoms with Crippen LogP contribution in [-0.2, 0) is 0 Å². The van der Waals surface area contributed by atoms with Crippen molar-refractivity contribution in [2.75, 3.05) is 44.2 Å². The predicted octanol–water partition coefficient (Wildman–Crippen LogP) is 1.35. The minimum atomic E-state index is -0.288. The van der Waals surface area contributed by atoms with Gasteiger partial charge in [-0.15, -0.1) is 0 Å². The average Bonchev–Trinajstić information content (AvgIpc) is 2.56. The van der Waals surface area contributed by atoms with Gasteiger partial charge in [0, 0.05) is 45.0 Å². The molecule has 114 valence electrons. The zero-order valence-electron chi connectivity index (χ0n) is 12.4. The number of para-hydroxylation sites is 1. The number of nitrogens with two attached hydrogens (primary N) is 1. The lowest BCUT2D eigenvalue weighted by Gasteiger charge is -2.36. The van der Waals surface area contributed by atoms with Gasteiger partial charge in [-0.3, -0.25) is 0 Å². The first-order chi connectivity index (χ1) is 10.3. The van der Waals surface area contributed by atoms with Crippen LogP contribution in [0.15, 0.2) is 24.3 Å². The fourth-order valence-electron chi connectivity index (χ4n) is 3.44. The highest BCUT2D eigenvalue weighted by atomic mass is 16.2. The Balaban J connectivity index is 1.75. The van der Waals surface area contributed by atoms with Crippen LogP contribution in [0.2, 0.25) is 0 Å². The minimum Gasteiger partial charge on any atom is -0.369 e. The summed E-state index contributed by atoms with van der Waals surface area (Å²) in [6.45, 7) is 5.78. The molecule has 21 heavy (non-hydrogen) atoms. The van der Waals surface area contributed by atoms with E-state index in [9.17, 15) is 4.79 Å². The van der Waals surface area contributed by atoms with E-state index in [4.69, 9.17) is 5.73 Å². The predicted molar refractivity (Wildman–Crippen MR) is 84.7 cm³/mol. The van der Waals surface area contributed by atoms with Crippen LogP contribution in [0.1, 0.15) is 24.3 Å². The number of nitrogens with one attached hydrogen (secondary N) is 1. The normalized spacial score (nSPS) is 20.6. The SMILES string of the molecule is NC(=O)N1CCC(c2ccccc2N2CCNCC2)CC1. The van der Waals surface area contributed by atoms with E-state index in [0.717, 1.165) is 52.1 Å². The summed E-state index contributed by atoms with van der Waals surface area (Å²) >= 11 is 0. The summed E-state index contributed by atoms with van der Waals surface area (Å²) in [6, 6.07) is 8.45. The number of piperidine rings is 1. The Morgan fingerprint density at radius 3 is 2.43 bits per heavy atom. The van der Waals surface area contributed by atoms with Crippen molar-refractivity contribution < 1.29 is 4.79 Å². The van der Waals surface area contributed by atoms with Gasteiger partial charge >= 0.3 is 6.03 Å². The van der Waals surface area contributed by atoms with Gasteiger partial charge in [-0.25, -0.2) is 4.79 Å². The number of anilines is 1. The van der Waals surface area contributed by atoms with Gasteiger partial charge in [0.2, 0.25) is 0 Å². The fourth-order valence-corrected chi connectivity index (χ4v) is 3.44. The van der Waals surface area contributed by atoms with Crippen LogP contribution in [-0.4, -0.2) is 50.2 Å². The van der Waals surface area contributed by atoms with Gasteiger partial charge in [-0.05, 0) is 30.4 Å². The van der Waals surface area contributed by atoms with Crippen molar-refractivity contribution in [2.24, 2.45) is 5.73 Å². The molecule has 5 nitrogen and oxygen atoms in total. The van der Waals surface area contributed by atoms with Gasteiger partial charge in [0.05, 0.1) is 0 Å². The molecular formula is C16H24N4O. The van der Waals surface area contributed by atoms with Crippen molar-refractivity contribution in [3.05, 3.63) is 29.8 Å². The molecule has 0 bridgehead atoms. The summed E-state index contributed by atoms with van der Waals surface area (Å²) in [6.07, 6.45) is 2.01. The molecular weight excluding hydrogens is 264 g/mol. The van der Waals surface area contributed by atoms with Crippen molar-refractivity contribution >= 4 is 11.7 Å². The molecule has 0 aromatic heterocycles. The van der Waals surface area contributed by atoms with Crippen LogP contribution in [0, 0.1) is 0 Å². The molecule has 3 rings (SSSR count). The number of carbonyl (C=O) groups excluding carboxylic acids is 1. The van der Waals surface area contributed by atoms with E-state index < -0.39 is 0 Å². The van der Waals surface area contributed by atoms with E-state index in [0.29, 0.717) is 5.92 Å². The Hall–Kier alpha value is -1.75. The monoisotopic (exact) mass is 288 g/mol. The first kappa shape index (κ1) is 14.2. The van der Waals surface area contributed by atoms with Gasteiger partial charge in [0.15, 0.2) is 0 Å². The van der Waals surface area contributed by atoms with Crippen molar-refractivity contribution in [3.8, 4) is 0 Å². The number of likely N-dealkylation sites (tertiary alicyclic amines) is 1. The molecule has 2 fully saturated rings. The summed E-state index contributed by atoms with van der Waals surface area (Å²) in [5.41, 5.74) is 8.18. The van der Waals surface area contributed by atoms with Gasteiger partial charge in [-0.1, -0.05) is 18.2 Å². The van der Waals surface area contributed by atoms with Gasteiger partial charge < -0.3 is 20.9 Å². The maximum atomic E-state index is 11.2. The van der Waals surface area contributed by atoms with Crippen LogP contribution < -0.4 is 16.0 Å². The fraction of sp³-hybridized carbons (Fsp3) is 0.562. The molecule has 0 unspecified atom stereocenters. The van der Waals surface area contributed by atoms with Crippen LogP contribution in [0.25, 0.3) is 0 Å². The highest BCUT2D eigenvalue weighted by molar-refractivity contribution is 5.72. The summed E-state index contributed by atoms with van der Waals surface area (Å²) in [7, 11) is 0. The van der Waals surface area contributed by atoms with E-state index in [1.165, 1.54) is 11.3 Å². The Kier molecular flexibility index (Phi) is 4.29. The first-order valence-electron chi connectivity index (χ1n) is 7.84. The van der Waals surface area contributed by atoms with E-state index in [-0.39, 0.29) is 6.03 Å². The molecule has 0 saturated carbocycles. The van der Waals surface area contributed by atoms with Crippen LogP contribution in [0.3, 0.4) is 0 Å². The van der Waals surface area contributed by atoms with Crippen molar-refractivity contribution in [3.63, 3.8) is 0 Å². The number of carbonyl (C=O) groups is 1. The largest absolute Gasteiger partial charge is 0.369 e. The molecule has 2 aliphatic heterocycles. The Morgan fingerprint density at radius 2 is 1.76 bits per heavy atom. The summed E-state index contributed by atoms with van der Waals surface area (Å²) in [4.78, 5) is 15.5. The second-order valence-corrected chi connectivity index (χ2v) is 5.90. The van der Waals surface area contributed by atoms with E-state index >= 15 is 0 Å². The van der Waals surface area contributed by atoms with Gasteiger partial charge in [0.25, 0.3) is 0 Å². The smallest absolute Gasteiger partial charge is 0.314 e. The van der Waals surface area contributed by atoms with Crippen molar-refractivity contribution in [1.29, 1.82) is 0 Å². The molecule has 2 amide bonds. The maximum absolute atomic E-state index is 11.2. The number of amides is 2. The van der Waals surface area contributed by atoms with Gasteiger partial charge in [0.1, 0.15) is 0 Å². The number of benzene rings is 1. The van der Waals surface area contributed by atoms with Crippen molar-refractivity contribution in [2.45, 2.75) is 18.8 Å².